The highest BCUT2D eigenvalue weighted by Crippen LogP contribution is 2.56. The quantitative estimate of drug-likeness (QED) is 0.716. The third kappa shape index (κ3) is 1.62. The molecule has 3 rings (SSSR count). The molecule has 2 aliphatic rings. The molecule has 2 fully saturated rings. The van der Waals surface area contributed by atoms with Crippen LogP contribution in [0.3, 0.4) is 0 Å². The lowest BCUT2D eigenvalue weighted by Gasteiger charge is -2.60. The smallest absolute Gasteiger partial charge is 0.127 e. The number of aliphatic hydroxyl groups is 2. The van der Waals surface area contributed by atoms with Crippen molar-refractivity contribution >= 4 is 0 Å². The summed E-state index contributed by atoms with van der Waals surface area (Å²) in [6, 6.07) is 1.70. The van der Waals surface area contributed by atoms with Crippen molar-refractivity contribution in [1.29, 1.82) is 0 Å². The van der Waals surface area contributed by atoms with Gasteiger partial charge in [-0.3, -0.25) is 4.98 Å². The van der Waals surface area contributed by atoms with E-state index in [1.54, 1.807) is 25.6 Å². The Labute approximate surface area is 106 Å². The number of aliphatic hydroxyl groups excluding tert-OH is 1. The fraction of sp³-hybridized carbons (Fsp3) is 0.615. The molecule has 5 nitrogen and oxygen atoms in total. The van der Waals surface area contributed by atoms with E-state index in [1.807, 2.05) is 0 Å². The van der Waals surface area contributed by atoms with Gasteiger partial charge < -0.3 is 20.3 Å². The lowest BCUT2D eigenvalue weighted by molar-refractivity contribution is -0.205. The predicted octanol–water partition coefficient (Wildman–Crippen LogP) is 0.238. The third-order valence-corrected chi connectivity index (χ3v) is 4.20. The second-order valence-corrected chi connectivity index (χ2v) is 5.58. The zero-order valence-corrected chi connectivity index (χ0v) is 10.4. The van der Waals surface area contributed by atoms with Crippen molar-refractivity contribution in [3.05, 3.63) is 24.0 Å². The molecular weight excluding hydrogens is 232 g/mol. The summed E-state index contributed by atoms with van der Waals surface area (Å²) in [5.41, 5.74) is -0.284. The molecule has 0 radical (unpaired) electrons. The first-order chi connectivity index (χ1) is 8.59. The standard InChI is InChI=1S/C13H18N2O3/c1-18-10-2-3-14-4-9(10)11(16)13(17)5-12(6-13)7-15-8-12/h2-4,11,15-17H,5-8H2,1H3. The fourth-order valence-electron chi connectivity index (χ4n) is 3.24. The number of methoxy groups -OCH3 is 1. The highest BCUT2D eigenvalue weighted by atomic mass is 16.5. The largest absolute Gasteiger partial charge is 0.496 e. The van der Waals surface area contributed by atoms with Gasteiger partial charge in [-0.05, 0) is 18.9 Å². The average Bonchev–Trinajstić information content (AvgIpc) is 2.31. The first-order valence-corrected chi connectivity index (χ1v) is 6.18. The molecule has 18 heavy (non-hydrogen) atoms. The number of nitrogens with one attached hydrogen (secondary N) is 1. The van der Waals surface area contributed by atoms with Crippen LogP contribution >= 0.6 is 0 Å². The normalized spacial score (nSPS) is 25.1. The molecule has 2 heterocycles. The van der Waals surface area contributed by atoms with E-state index in [0.717, 1.165) is 13.1 Å². The Morgan fingerprint density at radius 1 is 1.44 bits per heavy atom. The minimum absolute atomic E-state index is 0.200. The topological polar surface area (TPSA) is 74.6 Å². The lowest BCUT2D eigenvalue weighted by atomic mass is 9.54. The summed E-state index contributed by atoms with van der Waals surface area (Å²) in [6.07, 6.45) is 3.49. The van der Waals surface area contributed by atoms with E-state index >= 15 is 0 Å². The van der Waals surface area contributed by atoms with Gasteiger partial charge >= 0.3 is 0 Å². The molecular formula is C13H18N2O3. The number of hydrogen-bond acceptors (Lipinski definition) is 5. The van der Waals surface area contributed by atoms with Crippen LogP contribution in [0.1, 0.15) is 24.5 Å². The van der Waals surface area contributed by atoms with Gasteiger partial charge in [0.2, 0.25) is 0 Å². The van der Waals surface area contributed by atoms with Gasteiger partial charge in [0.15, 0.2) is 0 Å². The molecule has 0 amide bonds. The van der Waals surface area contributed by atoms with Gasteiger partial charge in [-0.2, -0.15) is 0 Å². The van der Waals surface area contributed by atoms with Crippen molar-refractivity contribution in [2.75, 3.05) is 20.2 Å². The van der Waals surface area contributed by atoms with Crippen LogP contribution in [0.4, 0.5) is 0 Å². The molecule has 1 saturated heterocycles. The summed E-state index contributed by atoms with van der Waals surface area (Å²) in [4.78, 5) is 3.99. The minimum atomic E-state index is -1.04. The molecule has 1 aliphatic carbocycles. The van der Waals surface area contributed by atoms with Crippen molar-refractivity contribution in [2.24, 2.45) is 5.41 Å². The molecule has 1 atom stereocenters. The van der Waals surface area contributed by atoms with E-state index in [-0.39, 0.29) is 5.41 Å². The zero-order chi connectivity index (χ0) is 12.8. The number of nitrogens with zero attached hydrogens (tertiary/aromatic N) is 1. The molecule has 1 unspecified atom stereocenters. The number of aromatic nitrogens is 1. The van der Waals surface area contributed by atoms with Crippen LogP contribution in [-0.2, 0) is 0 Å². The highest BCUT2D eigenvalue weighted by molar-refractivity contribution is 5.35. The maximum absolute atomic E-state index is 10.5. The Hall–Kier alpha value is -1.17. The Morgan fingerprint density at radius 3 is 2.72 bits per heavy atom. The molecule has 0 bridgehead atoms. The Morgan fingerprint density at radius 2 is 2.17 bits per heavy atom. The van der Waals surface area contributed by atoms with E-state index in [4.69, 9.17) is 4.74 Å². The number of rotatable bonds is 3. The number of ether oxygens (including phenoxy) is 1. The SMILES string of the molecule is COc1ccncc1C(O)C1(O)CC2(CNC2)C1. The third-order valence-electron chi connectivity index (χ3n) is 4.20. The summed E-state index contributed by atoms with van der Waals surface area (Å²) in [6.45, 7) is 1.87. The second-order valence-electron chi connectivity index (χ2n) is 5.58. The van der Waals surface area contributed by atoms with Gasteiger partial charge in [0.05, 0.1) is 12.7 Å². The average molecular weight is 250 g/mol. The van der Waals surface area contributed by atoms with Crippen LogP contribution in [0.25, 0.3) is 0 Å². The predicted molar refractivity (Wildman–Crippen MR) is 65.2 cm³/mol. The molecule has 1 saturated carbocycles. The zero-order valence-electron chi connectivity index (χ0n) is 10.4. The van der Waals surface area contributed by atoms with Gasteiger partial charge in [-0.15, -0.1) is 0 Å². The maximum atomic E-state index is 10.5. The van der Waals surface area contributed by atoms with Crippen molar-refractivity contribution in [2.45, 2.75) is 24.5 Å². The van der Waals surface area contributed by atoms with Gasteiger partial charge in [-0.1, -0.05) is 0 Å². The molecule has 1 aromatic heterocycles. The number of hydrogen-bond donors (Lipinski definition) is 3. The molecule has 98 valence electrons. The second kappa shape index (κ2) is 3.91. The summed E-state index contributed by atoms with van der Waals surface area (Å²) in [5, 5.41) is 24.1. The summed E-state index contributed by atoms with van der Waals surface area (Å²) in [7, 11) is 1.55. The highest BCUT2D eigenvalue weighted by Gasteiger charge is 2.60. The summed E-state index contributed by atoms with van der Waals surface area (Å²) < 4.78 is 5.20. The molecule has 0 aromatic carbocycles. The lowest BCUT2D eigenvalue weighted by Crippen LogP contribution is -2.68. The first-order valence-electron chi connectivity index (χ1n) is 6.18. The number of pyridine rings is 1. The molecule has 1 aromatic rings. The molecule has 1 spiro atoms. The van der Waals surface area contributed by atoms with Gasteiger partial charge in [0, 0.05) is 36.5 Å². The summed E-state index contributed by atoms with van der Waals surface area (Å²) in [5.74, 6) is 0.568. The van der Waals surface area contributed by atoms with Crippen LogP contribution in [-0.4, -0.2) is 41.0 Å². The molecule has 5 heteroatoms. The van der Waals surface area contributed by atoms with E-state index in [1.165, 1.54) is 0 Å². The van der Waals surface area contributed by atoms with Crippen LogP contribution in [0.2, 0.25) is 0 Å². The van der Waals surface area contributed by atoms with Crippen molar-refractivity contribution in [3.63, 3.8) is 0 Å². The van der Waals surface area contributed by atoms with Crippen molar-refractivity contribution in [1.82, 2.24) is 10.3 Å². The van der Waals surface area contributed by atoms with Gasteiger partial charge in [0.25, 0.3) is 0 Å². The minimum Gasteiger partial charge on any atom is -0.496 e. The van der Waals surface area contributed by atoms with Crippen LogP contribution in [0.15, 0.2) is 18.5 Å². The summed E-state index contributed by atoms with van der Waals surface area (Å²) >= 11 is 0. The van der Waals surface area contributed by atoms with Gasteiger partial charge in [0.1, 0.15) is 11.9 Å². The van der Waals surface area contributed by atoms with Gasteiger partial charge in [-0.25, -0.2) is 0 Å². The van der Waals surface area contributed by atoms with Crippen LogP contribution in [0.5, 0.6) is 5.75 Å². The van der Waals surface area contributed by atoms with E-state index in [0.29, 0.717) is 24.2 Å². The van der Waals surface area contributed by atoms with E-state index in [2.05, 4.69) is 10.3 Å². The fourth-order valence-corrected chi connectivity index (χ4v) is 3.24. The first kappa shape index (κ1) is 11.9. The molecule has 1 aliphatic heterocycles. The maximum Gasteiger partial charge on any atom is 0.127 e. The Kier molecular flexibility index (Phi) is 2.59. The van der Waals surface area contributed by atoms with Crippen LogP contribution < -0.4 is 10.1 Å². The van der Waals surface area contributed by atoms with E-state index < -0.39 is 11.7 Å². The van der Waals surface area contributed by atoms with Crippen molar-refractivity contribution in [3.8, 4) is 5.75 Å². The Balaban J connectivity index is 1.80. The van der Waals surface area contributed by atoms with Crippen molar-refractivity contribution < 1.29 is 14.9 Å². The van der Waals surface area contributed by atoms with Crippen LogP contribution in [0, 0.1) is 5.41 Å². The monoisotopic (exact) mass is 250 g/mol. The van der Waals surface area contributed by atoms with E-state index in [9.17, 15) is 10.2 Å². The Bertz CT molecular complexity index is 451. The molecule has 3 N–H and O–H groups in total.